The standard InChI is InChI=1S/C20H16N2O4/c23-20(11-14-3-8-18-19(10-14)25-13-24-18)22-15-4-6-16(7-5-15)26-17-2-1-9-21-12-17/h1-10,12H,11,13H2,(H,22,23). The van der Waals surface area contributed by atoms with Crippen LogP contribution in [-0.2, 0) is 11.2 Å². The Hall–Kier alpha value is -3.54. The molecule has 4 rings (SSSR count). The van der Waals surface area contributed by atoms with Crippen molar-refractivity contribution in [1.82, 2.24) is 4.98 Å². The highest BCUT2D eigenvalue weighted by Gasteiger charge is 2.14. The van der Waals surface area contributed by atoms with Crippen molar-refractivity contribution in [1.29, 1.82) is 0 Å². The monoisotopic (exact) mass is 348 g/mol. The predicted octanol–water partition coefficient (Wildman–Crippen LogP) is 3.78. The number of ether oxygens (including phenoxy) is 3. The van der Waals surface area contributed by atoms with Gasteiger partial charge in [0.15, 0.2) is 11.5 Å². The Kier molecular flexibility index (Phi) is 4.38. The molecule has 1 aliphatic rings. The van der Waals surface area contributed by atoms with Gasteiger partial charge < -0.3 is 19.5 Å². The zero-order chi connectivity index (χ0) is 17.8. The Morgan fingerprint density at radius 2 is 1.88 bits per heavy atom. The van der Waals surface area contributed by atoms with Gasteiger partial charge >= 0.3 is 0 Å². The quantitative estimate of drug-likeness (QED) is 0.760. The molecule has 0 fully saturated rings. The van der Waals surface area contributed by atoms with Gasteiger partial charge in [0.1, 0.15) is 11.5 Å². The fourth-order valence-electron chi connectivity index (χ4n) is 2.59. The number of nitrogens with zero attached hydrogens (tertiary/aromatic N) is 1. The minimum absolute atomic E-state index is 0.107. The van der Waals surface area contributed by atoms with E-state index in [1.54, 1.807) is 42.7 Å². The Labute approximate surface area is 150 Å². The molecule has 0 atom stereocenters. The third kappa shape index (κ3) is 3.75. The number of anilines is 1. The first-order valence-electron chi connectivity index (χ1n) is 8.12. The van der Waals surface area contributed by atoms with Crippen molar-refractivity contribution >= 4 is 11.6 Å². The summed E-state index contributed by atoms with van der Waals surface area (Å²) >= 11 is 0. The number of carbonyl (C=O) groups excluding carboxylic acids is 1. The summed E-state index contributed by atoms with van der Waals surface area (Å²) in [6, 6.07) is 16.3. The van der Waals surface area contributed by atoms with E-state index < -0.39 is 0 Å². The van der Waals surface area contributed by atoms with E-state index in [2.05, 4.69) is 10.3 Å². The molecule has 130 valence electrons. The SMILES string of the molecule is O=C(Cc1ccc2c(c1)OCO2)Nc1ccc(Oc2cccnc2)cc1. The fourth-order valence-corrected chi connectivity index (χ4v) is 2.59. The second kappa shape index (κ2) is 7.14. The summed E-state index contributed by atoms with van der Waals surface area (Å²) in [5.41, 5.74) is 1.57. The molecular weight excluding hydrogens is 332 g/mol. The number of hydrogen-bond acceptors (Lipinski definition) is 5. The molecule has 0 saturated carbocycles. The van der Waals surface area contributed by atoms with E-state index in [1.807, 2.05) is 24.3 Å². The maximum atomic E-state index is 12.2. The highest BCUT2D eigenvalue weighted by atomic mass is 16.7. The summed E-state index contributed by atoms with van der Waals surface area (Å²) in [5.74, 6) is 2.61. The zero-order valence-electron chi connectivity index (χ0n) is 13.8. The van der Waals surface area contributed by atoms with Crippen molar-refractivity contribution < 1.29 is 19.0 Å². The second-order valence-electron chi connectivity index (χ2n) is 5.73. The van der Waals surface area contributed by atoms with Crippen LogP contribution in [-0.4, -0.2) is 17.7 Å². The Morgan fingerprint density at radius 3 is 2.69 bits per heavy atom. The summed E-state index contributed by atoms with van der Waals surface area (Å²) in [7, 11) is 0. The topological polar surface area (TPSA) is 69.7 Å². The van der Waals surface area contributed by atoms with E-state index in [9.17, 15) is 4.79 Å². The number of carbonyl (C=O) groups is 1. The maximum Gasteiger partial charge on any atom is 0.231 e. The Bertz CT molecular complexity index is 911. The van der Waals surface area contributed by atoms with Gasteiger partial charge in [-0.05, 0) is 54.1 Å². The van der Waals surface area contributed by atoms with Gasteiger partial charge in [0.2, 0.25) is 12.7 Å². The molecule has 3 aromatic rings. The van der Waals surface area contributed by atoms with E-state index in [0.29, 0.717) is 28.7 Å². The number of nitrogens with one attached hydrogen (secondary N) is 1. The van der Waals surface area contributed by atoms with Gasteiger partial charge in [0.25, 0.3) is 0 Å². The molecule has 2 aromatic carbocycles. The Balaban J connectivity index is 1.35. The zero-order valence-corrected chi connectivity index (χ0v) is 13.8. The number of rotatable bonds is 5. The second-order valence-corrected chi connectivity index (χ2v) is 5.73. The average molecular weight is 348 g/mol. The first-order chi connectivity index (χ1) is 12.8. The van der Waals surface area contributed by atoms with Gasteiger partial charge in [-0.3, -0.25) is 9.78 Å². The summed E-state index contributed by atoms with van der Waals surface area (Å²) in [6.45, 7) is 0.221. The predicted molar refractivity (Wildman–Crippen MR) is 95.7 cm³/mol. The van der Waals surface area contributed by atoms with Crippen molar-refractivity contribution in [2.24, 2.45) is 0 Å². The van der Waals surface area contributed by atoms with E-state index in [-0.39, 0.29) is 19.1 Å². The van der Waals surface area contributed by atoms with Crippen molar-refractivity contribution in [3.8, 4) is 23.0 Å². The van der Waals surface area contributed by atoms with Crippen LogP contribution in [0.15, 0.2) is 67.0 Å². The van der Waals surface area contributed by atoms with Crippen LogP contribution in [0.5, 0.6) is 23.0 Å². The van der Waals surface area contributed by atoms with Crippen LogP contribution in [0.25, 0.3) is 0 Å². The average Bonchev–Trinajstić information content (AvgIpc) is 3.12. The summed E-state index contributed by atoms with van der Waals surface area (Å²) in [5, 5.41) is 2.87. The molecule has 0 bridgehead atoms. The van der Waals surface area contributed by atoms with Gasteiger partial charge in [-0.25, -0.2) is 0 Å². The van der Waals surface area contributed by atoms with Crippen molar-refractivity contribution in [2.45, 2.75) is 6.42 Å². The number of aromatic nitrogens is 1. The summed E-state index contributed by atoms with van der Waals surface area (Å²) < 4.78 is 16.3. The first kappa shape index (κ1) is 16.0. The highest BCUT2D eigenvalue weighted by molar-refractivity contribution is 5.92. The normalized spacial score (nSPS) is 11.8. The smallest absolute Gasteiger partial charge is 0.231 e. The van der Waals surface area contributed by atoms with Crippen molar-refractivity contribution in [3.05, 3.63) is 72.6 Å². The third-order valence-electron chi connectivity index (χ3n) is 3.81. The minimum atomic E-state index is -0.107. The molecule has 1 N–H and O–H groups in total. The van der Waals surface area contributed by atoms with E-state index in [4.69, 9.17) is 14.2 Å². The van der Waals surface area contributed by atoms with E-state index in [1.165, 1.54) is 0 Å². The fraction of sp³-hybridized carbons (Fsp3) is 0.100. The number of benzene rings is 2. The molecule has 6 heteroatoms. The van der Waals surface area contributed by atoms with E-state index >= 15 is 0 Å². The summed E-state index contributed by atoms with van der Waals surface area (Å²) in [4.78, 5) is 16.2. The minimum Gasteiger partial charge on any atom is -0.456 e. The van der Waals surface area contributed by atoms with Crippen LogP contribution >= 0.6 is 0 Å². The summed E-state index contributed by atoms with van der Waals surface area (Å²) in [6.07, 6.45) is 3.58. The van der Waals surface area contributed by atoms with E-state index in [0.717, 1.165) is 5.56 Å². The number of pyridine rings is 1. The largest absolute Gasteiger partial charge is 0.456 e. The molecule has 0 radical (unpaired) electrons. The van der Waals surface area contributed by atoms with Crippen LogP contribution in [0.4, 0.5) is 5.69 Å². The van der Waals surface area contributed by atoms with Crippen LogP contribution in [0.2, 0.25) is 0 Å². The van der Waals surface area contributed by atoms with Gasteiger partial charge in [0.05, 0.1) is 12.6 Å². The molecule has 0 spiro atoms. The third-order valence-corrected chi connectivity index (χ3v) is 3.81. The van der Waals surface area contributed by atoms with Crippen molar-refractivity contribution in [2.75, 3.05) is 12.1 Å². The van der Waals surface area contributed by atoms with Crippen LogP contribution < -0.4 is 19.5 Å². The lowest BCUT2D eigenvalue weighted by Crippen LogP contribution is -2.14. The highest BCUT2D eigenvalue weighted by Crippen LogP contribution is 2.32. The lowest BCUT2D eigenvalue weighted by Gasteiger charge is -2.08. The van der Waals surface area contributed by atoms with Crippen LogP contribution in [0, 0.1) is 0 Å². The molecule has 1 aliphatic heterocycles. The number of fused-ring (bicyclic) bond motifs is 1. The molecule has 0 aliphatic carbocycles. The van der Waals surface area contributed by atoms with Gasteiger partial charge in [-0.2, -0.15) is 0 Å². The van der Waals surface area contributed by atoms with Crippen molar-refractivity contribution in [3.63, 3.8) is 0 Å². The van der Waals surface area contributed by atoms with Gasteiger partial charge in [-0.1, -0.05) is 6.07 Å². The lowest BCUT2D eigenvalue weighted by atomic mass is 10.1. The van der Waals surface area contributed by atoms with Crippen LogP contribution in [0.1, 0.15) is 5.56 Å². The number of amides is 1. The molecule has 1 aromatic heterocycles. The first-order valence-corrected chi connectivity index (χ1v) is 8.12. The van der Waals surface area contributed by atoms with Gasteiger partial charge in [0, 0.05) is 11.9 Å². The molecule has 6 nitrogen and oxygen atoms in total. The Morgan fingerprint density at radius 1 is 1.04 bits per heavy atom. The molecule has 26 heavy (non-hydrogen) atoms. The molecule has 2 heterocycles. The van der Waals surface area contributed by atoms with Gasteiger partial charge in [-0.15, -0.1) is 0 Å². The number of hydrogen-bond donors (Lipinski definition) is 1. The molecular formula is C20H16N2O4. The lowest BCUT2D eigenvalue weighted by molar-refractivity contribution is -0.115. The molecule has 0 saturated heterocycles. The van der Waals surface area contributed by atoms with Crippen LogP contribution in [0.3, 0.4) is 0 Å². The molecule has 0 unspecified atom stereocenters. The molecule has 1 amide bonds. The maximum absolute atomic E-state index is 12.2.